The van der Waals surface area contributed by atoms with Crippen LogP contribution in [0.5, 0.6) is 5.75 Å². The van der Waals surface area contributed by atoms with Crippen molar-refractivity contribution in [3.63, 3.8) is 0 Å². The van der Waals surface area contributed by atoms with Gasteiger partial charge in [-0.2, -0.15) is 0 Å². The van der Waals surface area contributed by atoms with Crippen molar-refractivity contribution in [2.75, 3.05) is 6.61 Å². The molecule has 4 nitrogen and oxygen atoms in total. The summed E-state index contributed by atoms with van der Waals surface area (Å²) in [6.07, 6.45) is 2.74. The van der Waals surface area contributed by atoms with Crippen molar-refractivity contribution < 1.29 is 19.7 Å². The first-order valence-electron chi connectivity index (χ1n) is 10.3. The molecule has 0 amide bonds. The van der Waals surface area contributed by atoms with E-state index >= 15 is 0 Å². The second-order valence-corrected chi connectivity index (χ2v) is 9.66. The number of alkyl halides is 1. The number of aryl methyl sites for hydroxylation is 1. The number of carboxylic acid groups (broad SMARTS) is 1. The van der Waals surface area contributed by atoms with Gasteiger partial charge < -0.3 is 14.9 Å². The molecule has 0 bridgehead atoms. The Balaban J connectivity index is 1.35. The predicted molar refractivity (Wildman–Crippen MR) is 121 cm³/mol. The SMILES string of the molecule is O=C(O)c1ccc(CCCC2C(Cl)CC(O)C2COc2ccc3ccccc3c2)s1. The minimum absolute atomic E-state index is 0.00288. The fraction of sp³-hybridized carbons (Fsp3) is 0.375. The molecule has 1 fully saturated rings. The number of ether oxygens (including phenoxy) is 1. The summed E-state index contributed by atoms with van der Waals surface area (Å²) in [4.78, 5) is 12.5. The highest BCUT2D eigenvalue weighted by molar-refractivity contribution is 7.13. The molecule has 0 radical (unpaired) electrons. The second kappa shape index (κ2) is 9.38. The van der Waals surface area contributed by atoms with E-state index in [1.165, 1.54) is 16.7 Å². The van der Waals surface area contributed by atoms with Crippen LogP contribution in [0.3, 0.4) is 0 Å². The number of thiophene rings is 1. The van der Waals surface area contributed by atoms with Crippen molar-refractivity contribution in [2.24, 2.45) is 11.8 Å². The molecule has 1 aromatic heterocycles. The first-order chi connectivity index (χ1) is 14.5. The summed E-state index contributed by atoms with van der Waals surface area (Å²) in [5.41, 5.74) is 0. The molecule has 158 valence electrons. The van der Waals surface area contributed by atoms with Gasteiger partial charge in [-0.25, -0.2) is 4.79 Å². The lowest BCUT2D eigenvalue weighted by Crippen LogP contribution is -2.27. The van der Waals surface area contributed by atoms with Gasteiger partial charge in [-0.3, -0.25) is 0 Å². The first-order valence-corrected chi connectivity index (χ1v) is 11.5. The van der Waals surface area contributed by atoms with Crippen LogP contribution in [0.4, 0.5) is 0 Å². The van der Waals surface area contributed by atoms with E-state index in [1.807, 2.05) is 36.4 Å². The van der Waals surface area contributed by atoms with Crippen LogP contribution < -0.4 is 4.74 Å². The van der Waals surface area contributed by atoms with Gasteiger partial charge in [0.1, 0.15) is 10.6 Å². The summed E-state index contributed by atoms with van der Waals surface area (Å²) in [6, 6.07) is 17.7. The number of rotatable bonds is 8. The van der Waals surface area contributed by atoms with Gasteiger partial charge in [-0.1, -0.05) is 30.3 Å². The number of carbonyl (C=O) groups is 1. The standard InChI is InChI=1S/C24H25ClO4S/c25-21-13-22(26)20(14-29-17-9-8-15-4-1-2-5-16(15)12-17)19(21)7-3-6-18-10-11-23(30-18)24(27)28/h1-2,4-5,8-12,19-22,26H,3,6-7,13-14H2,(H,27,28). The highest BCUT2D eigenvalue weighted by atomic mass is 35.5. The van der Waals surface area contributed by atoms with Crippen molar-refractivity contribution in [1.29, 1.82) is 0 Å². The monoisotopic (exact) mass is 444 g/mol. The van der Waals surface area contributed by atoms with E-state index in [0.29, 0.717) is 17.9 Å². The van der Waals surface area contributed by atoms with Crippen LogP contribution in [0, 0.1) is 11.8 Å². The maximum absolute atomic E-state index is 11.0. The van der Waals surface area contributed by atoms with Crippen molar-refractivity contribution in [2.45, 2.75) is 37.2 Å². The van der Waals surface area contributed by atoms with Crippen LogP contribution in [-0.2, 0) is 6.42 Å². The van der Waals surface area contributed by atoms with Gasteiger partial charge in [0.25, 0.3) is 0 Å². The van der Waals surface area contributed by atoms with E-state index in [0.717, 1.165) is 35.3 Å². The number of aromatic carboxylic acids is 1. The Morgan fingerprint density at radius 1 is 1.10 bits per heavy atom. The van der Waals surface area contributed by atoms with Gasteiger partial charge in [-0.15, -0.1) is 22.9 Å². The molecule has 1 aliphatic rings. The summed E-state index contributed by atoms with van der Waals surface area (Å²) in [7, 11) is 0. The highest BCUT2D eigenvalue weighted by Crippen LogP contribution is 2.40. The Morgan fingerprint density at radius 3 is 2.67 bits per heavy atom. The fourth-order valence-electron chi connectivity index (χ4n) is 4.35. The van der Waals surface area contributed by atoms with Gasteiger partial charge in [0.15, 0.2) is 0 Å². The van der Waals surface area contributed by atoms with Gasteiger partial charge >= 0.3 is 5.97 Å². The van der Waals surface area contributed by atoms with E-state index in [-0.39, 0.29) is 17.2 Å². The lowest BCUT2D eigenvalue weighted by Gasteiger charge is -2.23. The molecule has 2 N–H and O–H groups in total. The molecule has 1 heterocycles. The zero-order chi connectivity index (χ0) is 21.1. The Labute approximate surface area is 185 Å². The lowest BCUT2D eigenvalue weighted by atomic mass is 9.90. The third-order valence-corrected chi connectivity index (χ3v) is 7.61. The number of fused-ring (bicyclic) bond motifs is 1. The summed E-state index contributed by atoms with van der Waals surface area (Å²) >= 11 is 7.89. The zero-order valence-corrected chi connectivity index (χ0v) is 18.1. The Bertz CT molecular complexity index is 1020. The molecule has 0 aliphatic heterocycles. The van der Waals surface area contributed by atoms with E-state index < -0.39 is 12.1 Å². The first kappa shape index (κ1) is 21.2. The summed E-state index contributed by atoms with van der Waals surface area (Å²) in [6.45, 7) is 0.440. The largest absolute Gasteiger partial charge is 0.493 e. The number of halogens is 1. The fourth-order valence-corrected chi connectivity index (χ4v) is 5.74. The van der Waals surface area contributed by atoms with E-state index in [4.69, 9.17) is 21.4 Å². The molecule has 2 aromatic carbocycles. The molecule has 0 saturated heterocycles. The summed E-state index contributed by atoms with van der Waals surface area (Å²) in [5, 5.41) is 21.8. The third-order valence-electron chi connectivity index (χ3n) is 5.97. The number of aliphatic hydroxyl groups is 1. The number of aliphatic hydroxyl groups excluding tert-OH is 1. The summed E-state index contributed by atoms with van der Waals surface area (Å²) < 4.78 is 6.06. The Hall–Kier alpha value is -2.08. The minimum Gasteiger partial charge on any atom is -0.493 e. The lowest BCUT2D eigenvalue weighted by molar-refractivity contribution is 0.0701. The smallest absolute Gasteiger partial charge is 0.345 e. The normalized spacial score (nSPS) is 23.7. The molecule has 4 unspecified atom stereocenters. The molecule has 4 rings (SSSR count). The molecule has 6 heteroatoms. The average molecular weight is 445 g/mol. The van der Waals surface area contributed by atoms with Crippen molar-refractivity contribution in [1.82, 2.24) is 0 Å². The van der Waals surface area contributed by atoms with Gasteiger partial charge in [-0.05, 0) is 66.6 Å². The molecule has 1 aliphatic carbocycles. The van der Waals surface area contributed by atoms with Gasteiger partial charge in [0, 0.05) is 16.2 Å². The van der Waals surface area contributed by atoms with E-state index in [2.05, 4.69) is 12.1 Å². The maximum atomic E-state index is 11.0. The number of hydrogen-bond donors (Lipinski definition) is 2. The minimum atomic E-state index is -0.878. The van der Waals surface area contributed by atoms with Crippen LogP contribution in [0.2, 0.25) is 0 Å². The highest BCUT2D eigenvalue weighted by Gasteiger charge is 2.41. The quantitative estimate of drug-likeness (QED) is 0.443. The van der Waals surface area contributed by atoms with Crippen molar-refractivity contribution >= 4 is 39.7 Å². The molecule has 30 heavy (non-hydrogen) atoms. The number of benzene rings is 2. The Kier molecular flexibility index (Phi) is 6.61. The molecule has 4 atom stereocenters. The van der Waals surface area contributed by atoms with E-state index in [9.17, 15) is 9.90 Å². The number of hydrogen-bond acceptors (Lipinski definition) is 4. The van der Waals surface area contributed by atoms with Crippen LogP contribution in [0.15, 0.2) is 54.6 Å². The number of carboxylic acids is 1. The topological polar surface area (TPSA) is 66.8 Å². The molecule has 0 spiro atoms. The van der Waals surface area contributed by atoms with Gasteiger partial charge in [0.2, 0.25) is 0 Å². The molecule has 1 saturated carbocycles. The second-order valence-electron chi connectivity index (χ2n) is 7.93. The third kappa shape index (κ3) is 4.80. The molecular weight excluding hydrogens is 420 g/mol. The maximum Gasteiger partial charge on any atom is 0.345 e. The summed E-state index contributed by atoms with van der Waals surface area (Å²) in [5.74, 6) is 0.104. The molecule has 3 aromatic rings. The van der Waals surface area contributed by atoms with Crippen LogP contribution in [0.1, 0.15) is 33.8 Å². The van der Waals surface area contributed by atoms with Crippen molar-refractivity contribution in [3.8, 4) is 5.75 Å². The van der Waals surface area contributed by atoms with Crippen LogP contribution in [0.25, 0.3) is 10.8 Å². The van der Waals surface area contributed by atoms with Crippen LogP contribution in [-0.4, -0.2) is 34.3 Å². The van der Waals surface area contributed by atoms with Gasteiger partial charge in [0.05, 0.1) is 12.7 Å². The van der Waals surface area contributed by atoms with Crippen LogP contribution >= 0.6 is 22.9 Å². The van der Waals surface area contributed by atoms with Crippen molar-refractivity contribution in [3.05, 3.63) is 64.4 Å². The van der Waals surface area contributed by atoms with E-state index in [1.54, 1.807) is 6.07 Å². The average Bonchev–Trinajstić information content (AvgIpc) is 3.31. The zero-order valence-electron chi connectivity index (χ0n) is 16.5. The predicted octanol–water partition coefficient (Wildman–Crippen LogP) is 5.61. The molecular formula is C24H25ClO4S. The Morgan fingerprint density at radius 2 is 1.90 bits per heavy atom.